The van der Waals surface area contributed by atoms with Crippen molar-refractivity contribution in [3.8, 4) is 5.75 Å². The number of anilines is 1. The quantitative estimate of drug-likeness (QED) is 0.658. The Morgan fingerprint density at radius 1 is 1.21 bits per heavy atom. The van der Waals surface area contributed by atoms with Crippen molar-refractivity contribution < 1.29 is 14.3 Å². The number of carbonyl (C=O) groups is 2. The molecule has 0 saturated carbocycles. The standard InChI is InChI=1S/C21H23BrN2O3S/c1-27-18-8-2-5-15(11-18)19-9-4-10-24(19)21(26)14-28-13-20(25)23-17-7-3-6-16(22)12-17/h2-3,5-8,11-12,19H,4,9-10,13-14H2,1H3,(H,23,25). The maximum absolute atomic E-state index is 12.7. The summed E-state index contributed by atoms with van der Waals surface area (Å²) in [6.45, 7) is 0.755. The second-order valence-corrected chi connectivity index (χ2v) is 8.47. The van der Waals surface area contributed by atoms with Gasteiger partial charge in [0.1, 0.15) is 5.75 Å². The van der Waals surface area contributed by atoms with Gasteiger partial charge >= 0.3 is 0 Å². The number of methoxy groups -OCH3 is 1. The van der Waals surface area contributed by atoms with E-state index in [1.54, 1.807) is 7.11 Å². The molecule has 1 fully saturated rings. The molecule has 0 aliphatic carbocycles. The van der Waals surface area contributed by atoms with Crippen LogP contribution in [0.4, 0.5) is 5.69 Å². The lowest BCUT2D eigenvalue weighted by Gasteiger charge is -2.25. The average Bonchev–Trinajstić information content (AvgIpc) is 3.18. The second-order valence-electron chi connectivity index (χ2n) is 6.57. The number of thioether (sulfide) groups is 1. The van der Waals surface area contributed by atoms with Crippen LogP contribution >= 0.6 is 27.7 Å². The number of benzene rings is 2. The van der Waals surface area contributed by atoms with Crippen molar-refractivity contribution >= 4 is 45.2 Å². The maximum atomic E-state index is 12.7. The molecule has 1 aliphatic rings. The molecule has 0 spiro atoms. The van der Waals surface area contributed by atoms with E-state index >= 15 is 0 Å². The van der Waals surface area contributed by atoms with E-state index in [9.17, 15) is 9.59 Å². The van der Waals surface area contributed by atoms with E-state index < -0.39 is 0 Å². The van der Waals surface area contributed by atoms with Gasteiger partial charge in [0, 0.05) is 16.7 Å². The third-order valence-electron chi connectivity index (χ3n) is 4.62. The van der Waals surface area contributed by atoms with Gasteiger partial charge in [-0.05, 0) is 48.7 Å². The molecule has 0 radical (unpaired) electrons. The summed E-state index contributed by atoms with van der Waals surface area (Å²) in [7, 11) is 1.65. The zero-order chi connectivity index (χ0) is 19.9. The van der Waals surface area contributed by atoms with E-state index in [1.165, 1.54) is 11.8 Å². The highest BCUT2D eigenvalue weighted by Crippen LogP contribution is 2.33. The largest absolute Gasteiger partial charge is 0.497 e. The molecule has 28 heavy (non-hydrogen) atoms. The van der Waals surface area contributed by atoms with Gasteiger partial charge < -0.3 is 15.0 Å². The van der Waals surface area contributed by atoms with Gasteiger partial charge in [0.2, 0.25) is 11.8 Å². The second kappa shape index (κ2) is 9.98. The highest BCUT2D eigenvalue weighted by molar-refractivity contribution is 9.10. The van der Waals surface area contributed by atoms with Gasteiger partial charge in [0.05, 0.1) is 24.7 Å². The van der Waals surface area contributed by atoms with Crippen LogP contribution < -0.4 is 10.1 Å². The minimum atomic E-state index is -0.110. The van der Waals surface area contributed by atoms with Crippen molar-refractivity contribution in [3.05, 3.63) is 58.6 Å². The number of hydrogen-bond acceptors (Lipinski definition) is 4. The third kappa shape index (κ3) is 5.52. The maximum Gasteiger partial charge on any atom is 0.234 e. The first-order chi connectivity index (χ1) is 13.6. The lowest BCUT2D eigenvalue weighted by molar-refractivity contribution is -0.129. The molecule has 5 nitrogen and oxygen atoms in total. The Balaban J connectivity index is 1.50. The van der Waals surface area contributed by atoms with Crippen LogP contribution in [0.15, 0.2) is 53.0 Å². The smallest absolute Gasteiger partial charge is 0.234 e. The molecule has 2 aromatic carbocycles. The van der Waals surface area contributed by atoms with Crippen molar-refractivity contribution in [1.82, 2.24) is 4.90 Å². The summed E-state index contributed by atoms with van der Waals surface area (Å²) in [4.78, 5) is 26.7. The number of rotatable bonds is 7. The first kappa shape index (κ1) is 20.7. The topological polar surface area (TPSA) is 58.6 Å². The normalized spacial score (nSPS) is 16.1. The molecule has 1 aliphatic heterocycles. The summed E-state index contributed by atoms with van der Waals surface area (Å²) in [6, 6.07) is 15.4. The zero-order valence-electron chi connectivity index (χ0n) is 15.7. The van der Waals surface area contributed by atoms with Crippen LogP contribution in [0.25, 0.3) is 0 Å². The fourth-order valence-corrected chi connectivity index (χ4v) is 4.44. The first-order valence-corrected chi connectivity index (χ1v) is 11.1. The van der Waals surface area contributed by atoms with E-state index in [0.29, 0.717) is 5.75 Å². The lowest BCUT2D eigenvalue weighted by atomic mass is 10.0. The van der Waals surface area contributed by atoms with Crippen molar-refractivity contribution in [2.75, 3.05) is 30.5 Å². The number of carbonyl (C=O) groups excluding carboxylic acids is 2. The summed E-state index contributed by atoms with van der Waals surface area (Å²) in [6.07, 6.45) is 1.94. The highest BCUT2D eigenvalue weighted by atomic mass is 79.9. The zero-order valence-corrected chi connectivity index (χ0v) is 18.1. The number of likely N-dealkylation sites (tertiary alicyclic amines) is 1. The summed E-state index contributed by atoms with van der Waals surface area (Å²) in [5, 5.41) is 2.84. The van der Waals surface area contributed by atoms with Crippen molar-refractivity contribution in [2.45, 2.75) is 18.9 Å². The summed E-state index contributed by atoms with van der Waals surface area (Å²) in [5.41, 5.74) is 1.84. The lowest BCUT2D eigenvalue weighted by Crippen LogP contribution is -2.32. The molecular formula is C21H23BrN2O3S. The molecule has 1 heterocycles. The van der Waals surface area contributed by atoms with Crippen LogP contribution in [0.5, 0.6) is 5.75 Å². The van der Waals surface area contributed by atoms with Crippen LogP contribution in [-0.2, 0) is 9.59 Å². The van der Waals surface area contributed by atoms with E-state index in [4.69, 9.17) is 4.74 Å². The fourth-order valence-electron chi connectivity index (χ4n) is 3.34. The molecule has 2 aromatic rings. The van der Waals surface area contributed by atoms with Gasteiger partial charge in [-0.25, -0.2) is 0 Å². The summed E-state index contributed by atoms with van der Waals surface area (Å²) >= 11 is 4.73. The first-order valence-electron chi connectivity index (χ1n) is 9.13. The molecule has 0 aromatic heterocycles. The number of hydrogen-bond donors (Lipinski definition) is 1. The van der Waals surface area contributed by atoms with E-state index in [0.717, 1.165) is 40.9 Å². The molecule has 1 unspecified atom stereocenters. The Labute approximate surface area is 178 Å². The van der Waals surface area contributed by atoms with Gasteiger partial charge in [-0.1, -0.05) is 34.1 Å². The predicted octanol–water partition coefficient (Wildman–Crippen LogP) is 4.49. The van der Waals surface area contributed by atoms with Crippen LogP contribution in [0.3, 0.4) is 0 Å². The van der Waals surface area contributed by atoms with Crippen molar-refractivity contribution in [2.24, 2.45) is 0 Å². The monoisotopic (exact) mass is 462 g/mol. The molecule has 148 valence electrons. The average molecular weight is 463 g/mol. The molecular weight excluding hydrogens is 440 g/mol. The Morgan fingerprint density at radius 2 is 2.04 bits per heavy atom. The number of ether oxygens (including phenoxy) is 1. The number of amides is 2. The third-order valence-corrected chi connectivity index (χ3v) is 6.03. The van der Waals surface area contributed by atoms with Gasteiger partial charge in [0.15, 0.2) is 0 Å². The molecule has 7 heteroatoms. The van der Waals surface area contributed by atoms with E-state index in [-0.39, 0.29) is 23.6 Å². The van der Waals surface area contributed by atoms with Gasteiger partial charge in [-0.2, -0.15) is 0 Å². The Bertz CT molecular complexity index is 846. The molecule has 3 rings (SSSR count). The number of nitrogens with zero attached hydrogens (tertiary/aromatic N) is 1. The number of nitrogens with one attached hydrogen (secondary N) is 1. The SMILES string of the molecule is COc1cccc(C2CCCN2C(=O)CSCC(=O)Nc2cccc(Br)c2)c1. The van der Waals surface area contributed by atoms with E-state index in [2.05, 4.69) is 21.2 Å². The Hall–Kier alpha value is -1.99. The van der Waals surface area contributed by atoms with Crippen LogP contribution in [0.2, 0.25) is 0 Å². The Morgan fingerprint density at radius 3 is 2.82 bits per heavy atom. The van der Waals surface area contributed by atoms with Crippen molar-refractivity contribution in [3.63, 3.8) is 0 Å². The van der Waals surface area contributed by atoms with Gasteiger partial charge in [0.25, 0.3) is 0 Å². The highest BCUT2D eigenvalue weighted by Gasteiger charge is 2.29. The number of halogens is 1. The molecule has 0 bridgehead atoms. The summed E-state index contributed by atoms with van der Waals surface area (Å²) in [5.74, 6) is 1.31. The predicted molar refractivity (Wildman–Crippen MR) is 117 cm³/mol. The summed E-state index contributed by atoms with van der Waals surface area (Å²) < 4.78 is 6.21. The molecule has 1 N–H and O–H groups in total. The minimum absolute atomic E-state index is 0.0746. The van der Waals surface area contributed by atoms with Crippen LogP contribution in [-0.4, -0.2) is 41.9 Å². The van der Waals surface area contributed by atoms with Gasteiger partial charge in [-0.3, -0.25) is 9.59 Å². The Kier molecular flexibility index (Phi) is 7.39. The van der Waals surface area contributed by atoms with Crippen LogP contribution in [0.1, 0.15) is 24.4 Å². The fraction of sp³-hybridized carbons (Fsp3) is 0.333. The van der Waals surface area contributed by atoms with Gasteiger partial charge in [-0.15, -0.1) is 11.8 Å². The molecule has 1 atom stereocenters. The minimum Gasteiger partial charge on any atom is -0.497 e. The van der Waals surface area contributed by atoms with Crippen LogP contribution in [0, 0.1) is 0 Å². The molecule has 2 amide bonds. The van der Waals surface area contributed by atoms with Crippen molar-refractivity contribution in [1.29, 1.82) is 0 Å². The molecule has 1 saturated heterocycles. The van der Waals surface area contributed by atoms with E-state index in [1.807, 2.05) is 53.4 Å².